The van der Waals surface area contributed by atoms with E-state index in [4.69, 9.17) is 14.9 Å². The first-order valence-corrected chi connectivity index (χ1v) is 5.65. The standard InChI is InChI=1S/C13H15NO3/c1-2-16-13(15)12-8-10-9(6-7-14)4-3-5-11(10)17-12/h3-5,8H,2,6-7,14H2,1H3. The number of furan rings is 1. The minimum atomic E-state index is -0.428. The highest BCUT2D eigenvalue weighted by molar-refractivity contribution is 5.93. The van der Waals surface area contributed by atoms with Crippen molar-refractivity contribution in [3.8, 4) is 0 Å². The van der Waals surface area contributed by atoms with Gasteiger partial charge in [0, 0.05) is 5.39 Å². The van der Waals surface area contributed by atoms with E-state index in [-0.39, 0.29) is 5.76 Å². The third kappa shape index (κ3) is 2.31. The molecule has 1 heterocycles. The summed E-state index contributed by atoms with van der Waals surface area (Å²) in [5.74, 6) is -0.186. The first-order chi connectivity index (χ1) is 8.26. The molecular weight excluding hydrogens is 218 g/mol. The molecule has 0 saturated heterocycles. The largest absolute Gasteiger partial charge is 0.460 e. The van der Waals surface area contributed by atoms with E-state index >= 15 is 0 Å². The lowest BCUT2D eigenvalue weighted by Gasteiger charge is -1.98. The van der Waals surface area contributed by atoms with Crippen LogP contribution in [-0.2, 0) is 11.2 Å². The highest BCUT2D eigenvalue weighted by atomic mass is 16.5. The monoisotopic (exact) mass is 233 g/mol. The second-order valence-corrected chi connectivity index (χ2v) is 3.70. The van der Waals surface area contributed by atoms with Crippen LogP contribution in [0.5, 0.6) is 0 Å². The average molecular weight is 233 g/mol. The molecule has 0 aliphatic rings. The molecule has 0 amide bonds. The van der Waals surface area contributed by atoms with Crippen LogP contribution in [0.2, 0.25) is 0 Å². The number of hydrogen-bond acceptors (Lipinski definition) is 4. The summed E-state index contributed by atoms with van der Waals surface area (Å²) in [6, 6.07) is 7.43. The highest BCUT2D eigenvalue weighted by Gasteiger charge is 2.14. The topological polar surface area (TPSA) is 65.5 Å². The Morgan fingerprint density at radius 3 is 3.00 bits per heavy atom. The molecule has 0 bridgehead atoms. The third-order valence-electron chi connectivity index (χ3n) is 2.54. The lowest BCUT2D eigenvalue weighted by Crippen LogP contribution is -2.03. The maximum atomic E-state index is 11.5. The highest BCUT2D eigenvalue weighted by Crippen LogP contribution is 2.23. The van der Waals surface area contributed by atoms with Crippen molar-refractivity contribution >= 4 is 16.9 Å². The van der Waals surface area contributed by atoms with Gasteiger partial charge in [-0.1, -0.05) is 12.1 Å². The summed E-state index contributed by atoms with van der Waals surface area (Å²) in [6.07, 6.45) is 0.763. The fraction of sp³-hybridized carbons (Fsp3) is 0.308. The lowest BCUT2D eigenvalue weighted by atomic mass is 10.1. The van der Waals surface area contributed by atoms with Crippen molar-refractivity contribution in [3.05, 3.63) is 35.6 Å². The molecule has 2 N–H and O–H groups in total. The second-order valence-electron chi connectivity index (χ2n) is 3.70. The number of esters is 1. The molecule has 4 nitrogen and oxygen atoms in total. The van der Waals surface area contributed by atoms with Gasteiger partial charge in [-0.05, 0) is 37.6 Å². The summed E-state index contributed by atoms with van der Waals surface area (Å²) in [4.78, 5) is 11.5. The van der Waals surface area contributed by atoms with Crippen molar-refractivity contribution in [1.29, 1.82) is 0 Å². The van der Waals surface area contributed by atoms with E-state index in [1.54, 1.807) is 13.0 Å². The number of hydrogen-bond donors (Lipinski definition) is 1. The number of carbonyl (C=O) groups is 1. The van der Waals surface area contributed by atoms with Crippen LogP contribution in [0.3, 0.4) is 0 Å². The Balaban J connectivity index is 2.42. The smallest absolute Gasteiger partial charge is 0.374 e. The van der Waals surface area contributed by atoms with Gasteiger partial charge in [-0.2, -0.15) is 0 Å². The van der Waals surface area contributed by atoms with Crippen LogP contribution in [0.15, 0.2) is 28.7 Å². The Hall–Kier alpha value is -1.81. The number of benzene rings is 1. The van der Waals surface area contributed by atoms with Gasteiger partial charge in [0.15, 0.2) is 0 Å². The first-order valence-electron chi connectivity index (χ1n) is 5.65. The third-order valence-corrected chi connectivity index (χ3v) is 2.54. The van der Waals surface area contributed by atoms with E-state index in [1.807, 2.05) is 18.2 Å². The van der Waals surface area contributed by atoms with Gasteiger partial charge < -0.3 is 14.9 Å². The van der Waals surface area contributed by atoms with Gasteiger partial charge in [-0.15, -0.1) is 0 Å². The van der Waals surface area contributed by atoms with Crippen LogP contribution in [0.25, 0.3) is 11.0 Å². The van der Waals surface area contributed by atoms with Crippen molar-refractivity contribution in [2.45, 2.75) is 13.3 Å². The van der Waals surface area contributed by atoms with E-state index in [0.29, 0.717) is 18.7 Å². The molecule has 1 aromatic carbocycles. The Morgan fingerprint density at radius 1 is 1.47 bits per heavy atom. The minimum Gasteiger partial charge on any atom is -0.460 e. The van der Waals surface area contributed by atoms with Crippen LogP contribution in [-0.4, -0.2) is 19.1 Å². The number of fused-ring (bicyclic) bond motifs is 1. The zero-order valence-electron chi connectivity index (χ0n) is 9.73. The van der Waals surface area contributed by atoms with E-state index in [1.165, 1.54) is 0 Å². The number of carbonyl (C=O) groups excluding carboxylic acids is 1. The normalized spacial score (nSPS) is 10.7. The van der Waals surface area contributed by atoms with E-state index in [9.17, 15) is 4.79 Å². The van der Waals surface area contributed by atoms with E-state index in [0.717, 1.165) is 17.4 Å². The zero-order chi connectivity index (χ0) is 12.3. The summed E-state index contributed by atoms with van der Waals surface area (Å²) in [5.41, 5.74) is 7.32. The van der Waals surface area contributed by atoms with Crippen LogP contribution in [0.1, 0.15) is 23.0 Å². The van der Waals surface area contributed by atoms with Crippen molar-refractivity contribution in [1.82, 2.24) is 0 Å². The number of nitrogens with two attached hydrogens (primary N) is 1. The zero-order valence-corrected chi connectivity index (χ0v) is 9.73. The predicted molar refractivity (Wildman–Crippen MR) is 64.9 cm³/mol. The SMILES string of the molecule is CCOC(=O)c1cc2c(CCN)cccc2o1. The predicted octanol–water partition coefficient (Wildman–Crippen LogP) is 2.11. The van der Waals surface area contributed by atoms with Gasteiger partial charge in [-0.3, -0.25) is 0 Å². The Labute approximate surface area is 99.3 Å². The van der Waals surface area contributed by atoms with Gasteiger partial charge in [0.05, 0.1) is 6.61 Å². The molecule has 0 atom stereocenters. The fourth-order valence-electron chi connectivity index (χ4n) is 1.80. The van der Waals surface area contributed by atoms with Crippen LogP contribution in [0, 0.1) is 0 Å². The second kappa shape index (κ2) is 5.01. The fourth-order valence-corrected chi connectivity index (χ4v) is 1.80. The average Bonchev–Trinajstić information content (AvgIpc) is 2.75. The summed E-state index contributed by atoms with van der Waals surface area (Å²) in [5, 5.41) is 0.931. The summed E-state index contributed by atoms with van der Waals surface area (Å²) in [6.45, 7) is 2.67. The molecule has 0 unspecified atom stereocenters. The lowest BCUT2D eigenvalue weighted by molar-refractivity contribution is 0.0492. The Morgan fingerprint density at radius 2 is 2.29 bits per heavy atom. The van der Waals surface area contributed by atoms with Crippen LogP contribution in [0.4, 0.5) is 0 Å². The van der Waals surface area contributed by atoms with Gasteiger partial charge in [0.2, 0.25) is 5.76 Å². The van der Waals surface area contributed by atoms with E-state index in [2.05, 4.69) is 0 Å². The molecule has 0 spiro atoms. The van der Waals surface area contributed by atoms with Gasteiger partial charge >= 0.3 is 5.97 Å². The molecule has 0 radical (unpaired) electrons. The first kappa shape index (κ1) is 11.7. The van der Waals surface area contributed by atoms with E-state index < -0.39 is 5.97 Å². The summed E-state index contributed by atoms with van der Waals surface area (Å²) in [7, 11) is 0. The van der Waals surface area contributed by atoms with Gasteiger partial charge in [-0.25, -0.2) is 4.79 Å². The molecule has 17 heavy (non-hydrogen) atoms. The molecule has 2 aromatic rings. The van der Waals surface area contributed by atoms with Gasteiger partial charge in [0.1, 0.15) is 5.58 Å². The van der Waals surface area contributed by atoms with Gasteiger partial charge in [0.25, 0.3) is 0 Å². The van der Waals surface area contributed by atoms with Crippen LogP contribution < -0.4 is 5.73 Å². The molecule has 0 aliphatic carbocycles. The molecule has 1 aromatic heterocycles. The summed E-state index contributed by atoms with van der Waals surface area (Å²) < 4.78 is 10.4. The number of ether oxygens (including phenoxy) is 1. The molecule has 0 saturated carbocycles. The quantitative estimate of drug-likeness (QED) is 0.821. The summed E-state index contributed by atoms with van der Waals surface area (Å²) >= 11 is 0. The Kier molecular flexibility index (Phi) is 3.44. The Bertz CT molecular complexity index is 530. The minimum absolute atomic E-state index is 0.242. The molecule has 90 valence electrons. The molecular formula is C13H15NO3. The molecule has 0 fully saturated rings. The molecule has 2 rings (SSSR count). The van der Waals surface area contributed by atoms with Crippen molar-refractivity contribution in [3.63, 3.8) is 0 Å². The maximum absolute atomic E-state index is 11.5. The number of rotatable bonds is 4. The maximum Gasteiger partial charge on any atom is 0.374 e. The molecule has 4 heteroatoms. The van der Waals surface area contributed by atoms with Crippen molar-refractivity contribution in [2.24, 2.45) is 5.73 Å². The van der Waals surface area contributed by atoms with Crippen molar-refractivity contribution in [2.75, 3.05) is 13.2 Å². The van der Waals surface area contributed by atoms with Crippen LogP contribution >= 0.6 is 0 Å². The molecule has 0 aliphatic heterocycles. The van der Waals surface area contributed by atoms with Crippen molar-refractivity contribution < 1.29 is 13.9 Å².